The minimum atomic E-state index is -4.50. The van der Waals surface area contributed by atoms with Gasteiger partial charge in [0.15, 0.2) is 0 Å². The van der Waals surface area contributed by atoms with Crippen LogP contribution in [0.5, 0.6) is 0 Å². The zero-order chi connectivity index (χ0) is 16.4. The number of hydrogen-bond acceptors (Lipinski definition) is 5. The fourth-order valence-electron chi connectivity index (χ4n) is 1.65. The van der Waals surface area contributed by atoms with Crippen molar-refractivity contribution in [2.45, 2.75) is 18.3 Å². The quantitative estimate of drug-likeness (QED) is 0.865. The highest BCUT2D eigenvalue weighted by Crippen LogP contribution is 2.29. The Morgan fingerprint density at radius 3 is 2.32 bits per heavy atom. The maximum atomic E-state index is 12.6. The molecule has 118 valence electrons. The number of nitrogens with zero attached hydrogens (tertiary/aromatic N) is 4. The minimum absolute atomic E-state index is 0.0710. The van der Waals surface area contributed by atoms with E-state index in [-0.39, 0.29) is 5.95 Å². The van der Waals surface area contributed by atoms with E-state index in [9.17, 15) is 17.4 Å². The molecular formula is C13H13F3N4OS. The Morgan fingerprint density at radius 2 is 1.82 bits per heavy atom. The number of aromatic nitrogens is 3. The van der Waals surface area contributed by atoms with E-state index in [4.69, 9.17) is 0 Å². The van der Waals surface area contributed by atoms with Crippen LogP contribution in [-0.2, 0) is 15.9 Å². The molecule has 2 atom stereocenters. The number of alkyl halides is 3. The van der Waals surface area contributed by atoms with Crippen LogP contribution in [0.3, 0.4) is 0 Å². The van der Waals surface area contributed by atoms with E-state index in [1.165, 1.54) is 24.7 Å². The summed E-state index contributed by atoms with van der Waals surface area (Å²) in [7, 11) is -2.79. The second-order valence-corrected chi connectivity index (χ2v) is 7.23. The first-order valence-corrected chi connectivity index (χ1v) is 8.20. The van der Waals surface area contributed by atoms with Gasteiger partial charge >= 0.3 is 6.18 Å². The van der Waals surface area contributed by atoms with Gasteiger partial charge < -0.3 is 0 Å². The second-order valence-electron chi connectivity index (χ2n) is 4.62. The van der Waals surface area contributed by atoms with E-state index in [0.29, 0.717) is 5.56 Å². The van der Waals surface area contributed by atoms with Crippen LogP contribution in [0.15, 0.2) is 41.2 Å². The zero-order valence-corrected chi connectivity index (χ0v) is 12.6. The molecule has 2 unspecified atom stereocenters. The van der Waals surface area contributed by atoms with E-state index in [1.54, 1.807) is 13.0 Å². The predicted molar refractivity (Wildman–Crippen MR) is 75.8 cm³/mol. The van der Waals surface area contributed by atoms with Crippen LogP contribution in [-0.4, -0.2) is 25.4 Å². The molecule has 0 fully saturated rings. The normalized spacial score (nSPS) is 15.9. The summed E-state index contributed by atoms with van der Waals surface area (Å²) in [5.74, 6) is 0.0710. The van der Waals surface area contributed by atoms with E-state index < -0.39 is 26.8 Å². The summed E-state index contributed by atoms with van der Waals surface area (Å²) in [5, 5.41) is -0.619. The van der Waals surface area contributed by atoms with Gasteiger partial charge in [0.2, 0.25) is 0 Å². The van der Waals surface area contributed by atoms with Gasteiger partial charge in [-0.25, -0.2) is 14.2 Å². The Morgan fingerprint density at radius 1 is 1.18 bits per heavy atom. The lowest BCUT2D eigenvalue weighted by atomic mass is 10.2. The molecule has 0 aromatic carbocycles. The zero-order valence-electron chi connectivity index (χ0n) is 11.8. The molecule has 22 heavy (non-hydrogen) atoms. The third-order valence-electron chi connectivity index (χ3n) is 3.02. The standard InChI is InChI=1S/C13H13F3N4OS/c1-9(10-4-5-11(19-8-10)13(14,15)16)22(2,21)20-12-17-6-3-7-18-12/h3-9H,1-2H3. The van der Waals surface area contributed by atoms with Gasteiger partial charge in [0.05, 0.1) is 15.0 Å². The summed E-state index contributed by atoms with van der Waals surface area (Å²) < 4.78 is 54.1. The monoisotopic (exact) mass is 330 g/mol. The largest absolute Gasteiger partial charge is 0.433 e. The topological polar surface area (TPSA) is 68.1 Å². The van der Waals surface area contributed by atoms with Crippen molar-refractivity contribution >= 4 is 15.7 Å². The highest BCUT2D eigenvalue weighted by atomic mass is 32.2. The first kappa shape index (κ1) is 16.3. The lowest BCUT2D eigenvalue weighted by Crippen LogP contribution is -2.11. The number of rotatable bonds is 3. The fraction of sp³-hybridized carbons (Fsp3) is 0.308. The van der Waals surface area contributed by atoms with Crippen LogP contribution in [0.1, 0.15) is 23.4 Å². The molecule has 0 radical (unpaired) electrons. The van der Waals surface area contributed by atoms with Gasteiger partial charge in [-0.15, -0.1) is 0 Å². The van der Waals surface area contributed by atoms with Gasteiger partial charge in [0.25, 0.3) is 5.95 Å². The molecule has 2 rings (SSSR count). The van der Waals surface area contributed by atoms with Gasteiger partial charge in [0, 0.05) is 24.8 Å². The molecule has 0 aliphatic heterocycles. The molecular weight excluding hydrogens is 317 g/mol. The van der Waals surface area contributed by atoms with Crippen LogP contribution in [0.2, 0.25) is 0 Å². The third-order valence-corrected chi connectivity index (χ3v) is 5.13. The fourth-order valence-corrected chi connectivity index (χ4v) is 2.87. The highest BCUT2D eigenvalue weighted by molar-refractivity contribution is 7.93. The maximum Gasteiger partial charge on any atom is 0.433 e. The van der Waals surface area contributed by atoms with Crippen molar-refractivity contribution in [2.75, 3.05) is 6.26 Å². The number of pyridine rings is 1. The van der Waals surface area contributed by atoms with Gasteiger partial charge in [0.1, 0.15) is 5.69 Å². The van der Waals surface area contributed by atoms with Gasteiger partial charge in [-0.2, -0.15) is 17.5 Å². The summed E-state index contributed by atoms with van der Waals surface area (Å²) in [6.45, 7) is 1.61. The smallest absolute Gasteiger partial charge is 0.251 e. The lowest BCUT2D eigenvalue weighted by Gasteiger charge is -2.14. The highest BCUT2D eigenvalue weighted by Gasteiger charge is 2.32. The molecule has 5 nitrogen and oxygen atoms in total. The van der Waals surface area contributed by atoms with Crippen molar-refractivity contribution in [1.29, 1.82) is 0 Å². The van der Waals surface area contributed by atoms with Crippen molar-refractivity contribution < 1.29 is 17.4 Å². The van der Waals surface area contributed by atoms with Crippen LogP contribution in [0.4, 0.5) is 19.1 Å². The van der Waals surface area contributed by atoms with E-state index in [0.717, 1.165) is 12.3 Å². The molecule has 0 aliphatic carbocycles. The second kappa shape index (κ2) is 5.99. The van der Waals surface area contributed by atoms with Crippen molar-refractivity contribution in [3.63, 3.8) is 0 Å². The third kappa shape index (κ3) is 3.79. The van der Waals surface area contributed by atoms with E-state index in [1.807, 2.05) is 0 Å². The van der Waals surface area contributed by atoms with Crippen molar-refractivity contribution in [3.8, 4) is 0 Å². The Balaban J connectivity index is 2.33. The predicted octanol–water partition coefficient (Wildman–Crippen LogP) is 3.38. The molecule has 0 N–H and O–H groups in total. The number of hydrogen-bond donors (Lipinski definition) is 0. The Kier molecular flexibility index (Phi) is 4.45. The van der Waals surface area contributed by atoms with Gasteiger partial charge in [-0.05, 0) is 24.6 Å². The maximum absolute atomic E-state index is 12.6. The molecule has 0 saturated carbocycles. The molecule has 2 aromatic heterocycles. The number of halogens is 3. The molecule has 0 amide bonds. The average molecular weight is 330 g/mol. The molecule has 2 heterocycles. The summed E-state index contributed by atoms with van der Waals surface area (Å²) in [6, 6.07) is 3.71. The summed E-state index contributed by atoms with van der Waals surface area (Å²) >= 11 is 0. The van der Waals surface area contributed by atoms with Crippen molar-refractivity contribution in [1.82, 2.24) is 15.0 Å². The summed E-state index contributed by atoms with van der Waals surface area (Å²) in [5.41, 5.74) is -0.588. The molecule has 2 aromatic rings. The van der Waals surface area contributed by atoms with Gasteiger partial charge in [-0.3, -0.25) is 4.98 Å². The average Bonchev–Trinajstić information content (AvgIpc) is 2.46. The van der Waals surface area contributed by atoms with Crippen LogP contribution in [0.25, 0.3) is 0 Å². The SMILES string of the molecule is CC(c1ccc(C(F)(F)F)nc1)S(C)(=O)=Nc1ncccn1. The summed E-state index contributed by atoms with van der Waals surface area (Å²) in [4.78, 5) is 11.1. The molecule has 0 bridgehead atoms. The molecule has 9 heteroatoms. The Labute approximate surface area is 125 Å². The van der Waals surface area contributed by atoms with Crippen molar-refractivity contribution in [3.05, 3.63) is 48.0 Å². The van der Waals surface area contributed by atoms with Gasteiger partial charge in [-0.1, -0.05) is 6.07 Å². The van der Waals surface area contributed by atoms with Crippen molar-refractivity contribution in [2.24, 2.45) is 4.36 Å². The molecule has 0 aliphatic rings. The first-order chi connectivity index (χ1) is 10.2. The van der Waals surface area contributed by atoms with Crippen LogP contribution >= 0.6 is 0 Å². The Hall–Kier alpha value is -2.03. The van der Waals surface area contributed by atoms with E-state index in [2.05, 4.69) is 19.3 Å². The van der Waals surface area contributed by atoms with Crippen LogP contribution < -0.4 is 0 Å². The minimum Gasteiger partial charge on any atom is -0.251 e. The first-order valence-electron chi connectivity index (χ1n) is 6.21. The molecule has 0 spiro atoms. The molecule has 0 saturated heterocycles. The summed E-state index contributed by atoms with van der Waals surface area (Å²) in [6.07, 6.45) is 0.902. The Bertz CT molecular complexity index is 753. The van der Waals surface area contributed by atoms with Crippen LogP contribution in [0, 0.1) is 0 Å². The lowest BCUT2D eigenvalue weighted by molar-refractivity contribution is -0.141. The van der Waals surface area contributed by atoms with E-state index >= 15 is 0 Å².